The van der Waals surface area contributed by atoms with Gasteiger partial charge in [-0.1, -0.05) is 326 Å². The van der Waals surface area contributed by atoms with Crippen molar-refractivity contribution in [1.82, 2.24) is 5.32 Å². The van der Waals surface area contributed by atoms with E-state index in [1.807, 2.05) is 6.08 Å². The lowest BCUT2D eigenvalue weighted by Crippen LogP contribution is -2.45. The summed E-state index contributed by atoms with van der Waals surface area (Å²) < 4.78 is 5.50. The van der Waals surface area contributed by atoms with Crippen molar-refractivity contribution < 1.29 is 24.5 Å². The van der Waals surface area contributed by atoms with Crippen LogP contribution in [-0.2, 0) is 14.3 Å². The van der Waals surface area contributed by atoms with E-state index in [0.29, 0.717) is 19.4 Å². The standard InChI is InChI=1S/C69H131NO5/c1-3-5-7-9-11-13-15-17-19-21-31-35-39-43-47-51-55-59-63-69(74)75-64-60-56-52-48-44-40-36-32-29-27-25-23-22-24-26-28-30-34-38-42-46-50-54-58-62-68(73)70-66(65-71)67(72)61-57-53-49-45-41-37-33-20-18-16-14-12-10-8-6-4-2/h13,15,19,21,57,61,66-67,71-72H,3-12,14,16-18,20,22-56,58-60,62-65H2,1-2H3,(H,70,73)/b15-13-,21-19-,61-57+. The SMILES string of the molecule is CCCCCC/C=C\C/C=C\CCCCCCCCCC(=O)OCCCCCCCCCCCCCCCCCCCCCCCCCCC(=O)NC(CO)C(O)/C=C/CCCCCCCCCCCCCCCC. The molecule has 0 aromatic rings. The minimum Gasteiger partial charge on any atom is -0.466 e. The number of carbonyl (C=O) groups is 2. The van der Waals surface area contributed by atoms with Gasteiger partial charge in [-0.25, -0.2) is 0 Å². The van der Waals surface area contributed by atoms with E-state index in [-0.39, 0.29) is 18.5 Å². The Morgan fingerprint density at radius 1 is 0.373 bits per heavy atom. The topological polar surface area (TPSA) is 95.9 Å². The lowest BCUT2D eigenvalue weighted by Gasteiger charge is -2.20. The highest BCUT2D eigenvalue weighted by atomic mass is 16.5. The molecule has 1 amide bonds. The largest absolute Gasteiger partial charge is 0.466 e. The molecule has 0 spiro atoms. The maximum absolute atomic E-state index is 12.5. The summed E-state index contributed by atoms with van der Waals surface area (Å²) in [4.78, 5) is 24.6. The third-order valence-corrected chi connectivity index (χ3v) is 15.7. The Labute approximate surface area is 468 Å². The number of carbonyl (C=O) groups excluding carboxylic acids is 2. The van der Waals surface area contributed by atoms with E-state index in [1.54, 1.807) is 6.08 Å². The molecule has 442 valence electrons. The zero-order chi connectivity index (χ0) is 54.3. The summed E-state index contributed by atoms with van der Waals surface area (Å²) in [5.74, 6) is -0.0568. The first-order valence-electron chi connectivity index (χ1n) is 33.8. The fourth-order valence-electron chi connectivity index (χ4n) is 10.5. The highest BCUT2D eigenvalue weighted by Crippen LogP contribution is 2.18. The van der Waals surface area contributed by atoms with Crippen LogP contribution in [0.5, 0.6) is 0 Å². The second-order valence-corrected chi connectivity index (χ2v) is 23.2. The maximum Gasteiger partial charge on any atom is 0.305 e. The fourth-order valence-corrected chi connectivity index (χ4v) is 10.5. The molecule has 0 aliphatic carbocycles. The van der Waals surface area contributed by atoms with Crippen LogP contribution in [0.15, 0.2) is 36.5 Å². The minimum absolute atomic E-state index is 0.00796. The van der Waals surface area contributed by atoms with Gasteiger partial charge in [0.2, 0.25) is 5.91 Å². The van der Waals surface area contributed by atoms with Crippen LogP contribution < -0.4 is 5.32 Å². The normalized spacial score (nSPS) is 12.7. The summed E-state index contributed by atoms with van der Waals surface area (Å²) in [6.45, 7) is 4.91. The Hall–Kier alpha value is -1.92. The minimum atomic E-state index is -0.844. The molecule has 6 heteroatoms. The van der Waals surface area contributed by atoms with E-state index in [0.717, 1.165) is 51.4 Å². The van der Waals surface area contributed by atoms with Crippen molar-refractivity contribution in [2.45, 2.75) is 379 Å². The van der Waals surface area contributed by atoms with Crippen LogP contribution in [0.1, 0.15) is 367 Å². The molecule has 75 heavy (non-hydrogen) atoms. The van der Waals surface area contributed by atoms with Crippen LogP contribution >= 0.6 is 0 Å². The predicted octanol–water partition coefficient (Wildman–Crippen LogP) is 21.5. The number of nitrogens with one attached hydrogen (secondary N) is 1. The molecule has 0 bridgehead atoms. The molecular formula is C69H131NO5. The molecule has 0 aromatic carbocycles. The Balaban J connectivity index is 3.38. The lowest BCUT2D eigenvalue weighted by molar-refractivity contribution is -0.143. The van der Waals surface area contributed by atoms with E-state index < -0.39 is 12.1 Å². The van der Waals surface area contributed by atoms with Crippen molar-refractivity contribution in [1.29, 1.82) is 0 Å². The molecule has 0 rings (SSSR count). The van der Waals surface area contributed by atoms with Crippen LogP contribution in [0.25, 0.3) is 0 Å². The molecule has 0 aliphatic rings. The number of allylic oxidation sites excluding steroid dienone is 5. The first kappa shape index (κ1) is 73.1. The van der Waals surface area contributed by atoms with Crippen molar-refractivity contribution in [3.63, 3.8) is 0 Å². The van der Waals surface area contributed by atoms with E-state index in [4.69, 9.17) is 4.74 Å². The van der Waals surface area contributed by atoms with E-state index in [1.165, 1.54) is 289 Å². The summed E-state index contributed by atoms with van der Waals surface area (Å²) in [5.41, 5.74) is 0. The average Bonchev–Trinajstić information content (AvgIpc) is 3.41. The average molecular weight is 1050 g/mol. The third kappa shape index (κ3) is 61.2. The second kappa shape index (κ2) is 64.6. The van der Waals surface area contributed by atoms with E-state index in [9.17, 15) is 19.8 Å². The van der Waals surface area contributed by atoms with Gasteiger partial charge >= 0.3 is 5.97 Å². The van der Waals surface area contributed by atoms with Gasteiger partial charge < -0.3 is 20.3 Å². The first-order valence-corrected chi connectivity index (χ1v) is 33.8. The molecular weight excluding hydrogens is 923 g/mol. The lowest BCUT2D eigenvalue weighted by atomic mass is 10.0. The number of ether oxygens (including phenoxy) is 1. The van der Waals surface area contributed by atoms with Crippen LogP contribution in [0.2, 0.25) is 0 Å². The van der Waals surface area contributed by atoms with Crippen molar-refractivity contribution >= 4 is 11.9 Å². The molecule has 3 N–H and O–H groups in total. The zero-order valence-corrected chi connectivity index (χ0v) is 50.5. The summed E-state index contributed by atoms with van der Waals surface area (Å²) in [7, 11) is 0. The van der Waals surface area contributed by atoms with Crippen molar-refractivity contribution in [2.75, 3.05) is 13.2 Å². The first-order chi connectivity index (χ1) is 37.0. The van der Waals surface area contributed by atoms with Gasteiger partial charge in [0.15, 0.2) is 0 Å². The van der Waals surface area contributed by atoms with Gasteiger partial charge in [-0.15, -0.1) is 0 Å². The summed E-state index contributed by atoms with van der Waals surface area (Å²) in [5, 5.41) is 23.2. The molecule has 6 nitrogen and oxygen atoms in total. The number of rotatable bonds is 63. The number of aliphatic hydroxyl groups is 2. The molecule has 0 aromatic heterocycles. The van der Waals surface area contributed by atoms with Gasteiger partial charge in [0.25, 0.3) is 0 Å². The van der Waals surface area contributed by atoms with Crippen molar-refractivity contribution in [2.24, 2.45) is 0 Å². The van der Waals surface area contributed by atoms with Gasteiger partial charge in [-0.3, -0.25) is 9.59 Å². The number of amides is 1. The highest BCUT2D eigenvalue weighted by Gasteiger charge is 2.18. The van der Waals surface area contributed by atoms with E-state index in [2.05, 4.69) is 43.5 Å². The van der Waals surface area contributed by atoms with E-state index >= 15 is 0 Å². The van der Waals surface area contributed by atoms with Gasteiger partial charge in [0, 0.05) is 12.8 Å². The summed E-state index contributed by atoms with van der Waals surface area (Å²) >= 11 is 0. The molecule has 0 saturated heterocycles. The molecule has 0 saturated carbocycles. The molecule has 0 aliphatic heterocycles. The number of hydrogen-bond donors (Lipinski definition) is 3. The quantitative estimate of drug-likeness (QED) is 0.0320. The van der Waals surface area contributed by atoms with Gasteiger partial charge in [0.1, 0.15) is 0 Å². The Kier molecular flexibility index (Phi) is 63.0. The third-order valence-electron chi connectivity index (χ3n) is 15.7. The molecule has 2 atom stereocenters. The predicted molar refractivity (Wildman–Crippen MR) is 329 cm³/mol. The van der Waals surface area contributed by atoms with Gasteiger partial charge in [0.05, 0.1) is 25.4 Å². The molecule has 2 unspecified atom stereocenters. The van der Waals surface area contributed by atoms with Crippen LogP contribution in [0.3, 0.4) is 0 Å². The van der Waals surface area contributed by atoms with Crippen LogP contribution in [0, 0.1) is 0 Å². The Bertz CT molecular complexity index is 1210. The Morgan fingerprint density at radius 3 is 1.03 bits per heavy atom. The second-order valence-electron chi connectivity index (χ2n) is 23.2. The molecule has 0 fully saturated rings. The van der Waals surface area contributed by atoms with Crippen LogP contribution in [0.4, 0.5) is 0 Å². The summed E-state index contributed by atoms with van der Waals surface area (Å²) in [6, 6.07) is -0.627. The zero-order valence-electron chi connectivity index (χ0n) is 50.5. The van der Waals surface area contributed by atoms with Gasteiger partial charge in [-0.05, 0) is 64.2 Å². The smallest absolute Gasteiger partial charge is 0.305 e. The fraction of sp³-hybridized carbons (Fsp3) is 0.884. The molecule has 0 radical (unpaired) electrons. The summed E-state index contributed by atoms with van der Waals surface area (Å²) in [6.07, 6.45) is 82.0. The van der Waals surface area contributed by atoms with Gasteiger partial charge in [-0.2, -0.15) is 0 Å². The maximum atomic E-state index is 12.5. The number of aliphatic hydroxyl groups excluding tert-OH is 2. The number of hydrogen-bond acceptors (Lipinski definition) is 5. The monoisotopic (exact) mass is 1050 g/mol. The molecule has 0 heterocycles. The van der Waals surface area contributed by atoms with Crippen LogP contribution in [-0.4, -0.2) is 47.4 Å². The number of esters is 1. The Morgan fingerprint density at radius 2 is 0.667 bits per heavy atom. The highest BCUT2D eigenvalue weighted by molar-refractivity contribution is 5.76. The number of unbranched alkanes of at least 4 members (excludes halogenated alkanes) is 48. The van der Waals surface area contributed by atoms with Crippen molar-refractivity contribution in [3.05, 3.63) is 36.5 Å². The van der Waals surface area contributed by atoms with Crippen molar-refractivity contribution in [3.8, 4) is 0 Å².